The van der Waals surface area contributed by atoms with E-state index < -0.39 is 6.04 Å². The smallest absolute Gasteiger partial charge is 0.222 e. The number of carbonyl (C=O) groups is 1. The first-order valence-corrected chi connectivity index (χ1v) is 13.0. The highest BCUT2D eigenvalue weighted by molar-refractivity contribution is 7.15. The molecule has 1 aliphatic heterocycles. The summed E-state index contributed by atoms with van der Waals surface area (Å²) in [7, 11) is 0. The Kier molecular flexibility index (Phi) is 8.86. The fraction of sp³-hybridized carbons (Fsp3) is 0.440. The molecule has 0 unspecified atom stereocenters. The van der Waals surface area contributed by atoms with Gasteiger partial charge in [-0.25, -0.2) is 0 Å². The Hall–Kier alpha value is -2.63. The van der Waals surface area contributed by atoms with Crippen LogP contribution in [-0.2, 0) is 14.3 Å². The number of benzene rings is 1. The van der Waals surface area contributed by atoms with Crippen LogP contribution in [0.3, 0.4) is 0 Å². The highest BCUT2D eigenvalue weighted by Gasteiger charge is 2.32. The monoisotopic (exact) mass is 531 g/mol. The number of halogens is 1. The summed E-state index contributed by atoms with van der Waals surface area (Å²) in [5.74, 6) is 1.25. The van der Waals surface area contributed by atoms with Crippen molar-refractivity contribution in [2.75, 3.05) is 39.6 Å². The second-order valence-corrected chi connectivity index (χ2v) is 10.0. The van der Waals surface area contributed by atoms with E-state index in [4.69, 9.17) is 31.2 Å². The van der Waals surface area contributed by atoms with E-state index in [1.165, 1.54) is 4.88 Å². The van der Waals surface area contributed by atoms with Gasteiger partial charge in [0.2, 0.25) is 5.91 Å². The van der Waals surface area contributed by atoms with Crippen LogP contribution in [0.15, 0.2) is 29.3 Å². The van der Waals surface area contributed by atoms with E-state index in [0.717, 1.165) is 33.2 Å². The summed E-state index contributed by atoms with van der Waals surface area (Å²) in [5, 5.41) is 22.0. The Morgan fingerprint density at radius 1 is 1.11 bits per heavy atom. The minimum atomic E-state index is -0.510. The van der Waals surface area contributed by atoms with Gasteiger partial charge in [-0.3, -0.25) is 14.4 Å². The zero-order valence-electron chi connectivity index (χ0n) is 20.6. The van der Waals surface area contributed by atoms with Crippen LogP contribution in [0, 0.1) is 20.8 Å². The SMILES string of the molecule is Cc1sc2c(c1C)C(c1ccc(Cl)cc1)=N[C@@H](CC(=O)NCCOCCOCCO)c1nnc(C)n1-2. The van der Waals surface area contributed by atoms with Crippen LogP contribution in [0.5, 0.6) is 0 Å². The lowest BCUT2D eigenvalue weighted by Crippen LogP contribution is -2.29. The van der Waals surface area contributed by atoms with Crippen LogP contribution in [0.4, 0.5) is 0 Å². The van der Waals surface area contributed by atoms with E-state index in [9.17, 15) is 4.79 Å². The Labute approximate surface area is 219 Å². The molecule has 0 spiro atoms. The van der Waals surface area contributed by atoms with Crippen LogP contribution in [-0.4, -0.2) is 71.1 Å². The summed E-state index contributed by atoms with van der Waals surface area (Å²) in [4.78, 5) is 19.2. The van der Waals surface area contributed by atoms with Crippen molar-refractivity contribution in [1.29, 1.82) is 0 Å². The van der Waals surface area contributed by atoms with Gasteiger partial charge in [0.05, 0.1) is 45.2 Å². The third kappa shape index (κ3) is 5.84. The first-order chi connectivity index (χ1) is 17.4. The number of nitrogens with zero attached hydrogens (tertiary/aromatic N) is 4. The predicted molar refractivity (Wildman–Crippen MR) is 140 cm³/mol. The standard InChI is InChI=1S/C25H30ClN5O4S/c1-15-16(2)36-25-22(15)23(18-4-6-19(26)7-5-18)28-20(24-30-29-17(3)31(24)25)14-21(33)27-8-10-34-12-13-35-11-9-32/h4-7,20,32H,8-14H2,1-3H3,(H,27,33)/t20-/m0/s1. The lowest BCUT2D eigenvalue weighted by atomic mass is 9.99. The molecule has 2 aromatic heterocycles. The normalized spacial score (nSPS) is 14.7. The molecule has 0 saturated heterocycles. The maximum atomic E-state index is 12.9. The molecule has 3 heterocycles. The predicted octanol–water partition coefficient (Wildman–Crippen LogP) is 3.33. The van der Waals surface area contributed by atoms with Crippen molar-refractivity contribution in [3.05, 3.63) is 62.5 Å². The number of aliphatic imine (C=N–C) groups is 1. The van der Waals surface area contributed by atoms with Gasteiger partial charge < -0.3 is 19.9 Å². The molecular formula is C25H30ClN5O4S. The van der Waals surface area contributed by atoms with Crippen molar-refractivity contribution >= 4 is 34.6 Å². The Balaban J connectivity index is 1.56. The summed E-state index contributed by atoms with van der Waals surface area (Å²) in [6, 6.07) is 7.09. The van der Waals surface area contributed by atoms with E-state index in [1.807, 2.05) is 35.8 Å². The van der Waals surface area contributed by atoms with Crippen LogP contribution in [0.2, 0.25) is 5.02 Å². The number of nitrogens with one attached hydrogen (secondary N) is 1. The highest BCUT2D eigenvalue weighted by Crippen LogP contribution is 2.39. The summed E-state index contributed by atoms with van der Waals surface area (Å²) >= 11 is 7.83. The van der Waals surface area contributed by atoms with Gasteiger partial charge in [0, 0.05) is 27.6 Å². The van der Waals surface area contributed by atoms with E-state index >= 15 is 0 Å². The second-order valence-electron chi connectivity index (χ2n) is 8.41. The minimum absolute atomic E-state index is 0.0145. The quantitative estimate of drug-likeness (QED) is 0.367. The number of hydrogen-bond acceptors (Lipinski definition) is 8. The number of aliphatic hydroxyl groups is 1. The number of aliphatic hydroxyl groups excluding tert-OH is 1. The van der Waals surface area contributed by atoms with Crippen molar-refractivity contribution in [1.82, 2.24) is 20.1 Å². The zero-order chi connectivity index (χ0) is 25.7. The number of fused-ring (bicyclic) bond motifs is 3. The maximum absolute atomic E-state index is 12.9. The van der Waals surface area contributed by atoms with Gasteiger partial charge in [0.1, 0.15) is 16.9 Å². The molecule has 0 fully saturated rings. The molecule has 9 nitrogen and oxygen atoms in total. The summed E-state index contributed by atoms with van der Waals surface area (Å²) in [5.41, 5.74) is 3.93. The molecule has 0 radical (unpaired) electrons. The fourth-order valence-electron chi connectivity index (χ4n) is 4.03. The van der Waals surface area contributed by atoms with Crippen LogP contribution in [0.25, 0.3) is 5.00 Å². The van der Waals surface area contributed by atoms with Crippen molar-refractivity contribution in [3.8, 4) is 5.00 Å². The van der Waals surface area contributed by atoms with E-state index in [0.29, 0.717) is 37.2 Å². The van der Waals surface area contributed by atoms with Crippen LogP contribution in [0.1, 0.15) is 45.7 Å². The number of carbonyl (C=O) groups excluding carboxylic acids is 1. The van der Waals surface area contributed by atoms with Crippen molar-refractivity contribution in [3.63, 3.8) is 0 Å². The molecule has 0 aliphatic carbocycles. The van der Waals surface area contributed by atoms with Crippen molar-refractivity contribution in [2.45, 2.75) is 33.2 Å². The van der Waals surface area contributed by atoms with Gasteiger partial charge >= 0.3 is 0 Å². The average molecular weight is 532 g/mol. The Morgan fingerprint density at radius 3 is 2.56 bits per heavy atom. The van der Waals surface area contributed by atoms with Crippen LogP contribution < -0.4 is 5.32 Å². The van der Waals surface area contributed by atoms with Gasteiger partial charge in [0.25, 0.3) is 0 Å². The number of rotatable bonds is 11. The highest BCUT2D eigenvalue weighted by atomic mass is 35.5. The van der Waals surface area contributed by atoms with E-state index in [-0.39, 0.29) is 25.5 Å². The number of thiophene rings is 1. The van der Waals surface area contributed by atoms with Gasteiger partial charge in [-0.05, 0) is 38.5 Å². The van der Waals surface area contributed by atoms with Gasteiger partial charge in [-0.1, -0.05) is 23.7 Å². The van der Waals surface area contributed by atoms with Gasteiger partial charge in [0.15, 0.2) is 5.82 Å². The van der Waals surface area contributed by atoms with E-state index in [1.54, 1.807) is 11.3 Å². The number of aryl methyl sites for hydroxylation is 2. The summed E-state index contributed by atoms with van der Waals surface area (Å²) in [6.07, 6.45) is 0.127. The third-order valence-electron chi connectivity index (χ3n) is 5.91. The molecule has 2 N–H and O–H groups in total. The first-order valence-electron chi connectivity index (χ1n) is 11.8. The van der Waals surface area contributed by atoms with Crippen LogP contribution >= 0.6 is 22.9 Å². The molecule has 0 bridgehead atoms. The molecule has 1 aromatic carbocycles. The number of hydrogen-bond donors (Lipinski definition) is 2. The molecule has 192 valence electrons. The fourth-order valence-corrected chi connectivity index (χ4v) is 5.37. The van der Waals surface area contributed by atoms with Crippen molar-refractivity contribution in [2.24, 2.45) is 4.99 Å². The lowest BCUT2D eigenvalue weighted by molar-refractivity contribution is -0.121. The molecule has 36 heavy (non-hydrogen) atoms. The largest absolute Gasteiger partial charge is 0.394 e. The Morgan fingerprint density at radius 2 is 1.83 bits per heavy atom. The third-order valence-corrected chi connectivity index (χ3v) is 7.36. The molecule has 11 heteroatoms. The molecule has 1 aliphatic rings. The molecule has 4 rings (SSSR count). The molecule has 0 saturated carbocycles. The lowest BCUT2D eigenvalue weighted by Gasteiger charge is -2.13. The van der Waals surface area contributed by atoms with Gasteiger partial charge in [-0.15, -0.1) is 21.5 Å². The molecular weight excluding hydrogens is 502 g/mol. The second kappa shape index (κ2) is 12.1. The zero-order valence-corrected chi connectivity index (χ0v) is 22.2. The molecule has 1 atom stereocenters. The molecule has 1 amide bonds. The summed E-state index contributed by atoms with van der Waals surface area (Å²) in [6.45, 7) is 7.91. The number of ether oxygens (including phenoxy) is 2. The van der Waals surface area contributed by atoms with E-state index in [2.05, 4.69) is 29.4 Å². The molecule has 3 aromatic rings. The average Bonchev–Trinajstić information content (AvgIpc) is 3.33. The van der Waals surface area contributed by atoms with Gasteiger partial charge in [-0.2, -0.15) is 0 Å². The van der Waals surface area contributed by atoms with Crippen molar-refractivity contribution < 1.29 is 19.4 Å². The first kappa shape index (κ1) is 26.4. The number of amides is 1. The number of aromatic nitrogens is 3. The topological polar surface area (TPSA) is 111 Å². The Bertz CT molecular complexity index is 1240. The minimum Gasteiger partial charge on any atom is -0.394 e. The maximum Gasteiger partial charge on any atom is 0.222 e. The summed E-state index contributed by atoms with van der Waals surface area (Å²) < 4.78 is 12.6.